The molecule has 5 heteroatoms. The fourth-order valence-electron chi connectivity index (χ4n) is 1.78. The van der Waals surface area contributed by atoms with Gasteiger partial charge in [0.15, 0.2) is 0 Å². The van der Waals surface area contributed by atoms with Crippen molar-refractivity contribution in [2.24, 2.45) is 0 Å². The van der Waals surface area contributed by atoms with Crippen molar-refractivity contribution >= 4 is 15.9 Å². The van der Waals surface area contributed by atoms with E-state index in [0.29, 0.717) is 18.9 Å². The van der Waals surface area contributed by atoms with Crippen LogP contribution >= 0.6 is 15.9 Å². The Morgan fingerprint density at radius 1 is 1.20 bits per heavy atom. The normalized spacial score (nSPS) is 10.6. The second kappa shape index (κ2) is 7.36. The van der Waals surface area contributed by atoms with Crippen LogP contribution in [0.15, 0.2) is 41.1 Å². The molecule has 1 aromatic heterocycles. The molecule has 1 N–H and O–H groups in total. The van der Waals surface area contributed by atoms with Gasteiger partial charge in [0.2, 0.25) is 0 Å². The van der Waals surface area contributed by atoms with E-state index < -0.39 is 0 Å². The molecule has 0 radical (unpaired) electrons. The molecule has 3 nitrogen and oxygen atoms in total. The number of nitrogens with zero attached hydrogens (tertiary/aromatic N) is 1. The summed E-state index contributed by atoms with van der Waals surface area (Å²) in [7, 11) is 0. The average molecular weight is 339 g/mol. The topological polar surface area (TPSA) is 34.1 Å². The van der Waals surface area contributed by atoms with Crippen LogP contribution in [0, 0.1) is 5.82 Å². The van der Waals surface area contributed by atoms with Crippen molar-refractivity contribution in [2.75, 3.05) is 6.54 Å². The molecule has 0 aliphatic heterocycles. The summed E-state index contributed by atoms with van der Waals surface area (Å²) in [5.41, 5.74) is 1.80. The van der Waals surface area contributed by atoms with E-state index in [1.54, 1.807) is 12.4 Å². The molecule has 0 bridgehead atoms. The molecule has 1 aromatic carbocycles. The Hall–Kier alpha value is -1.46. The van der Waals surface area contributed by atoms with Gasteiger partial charge in [-0.1, -0.05) is 6.92 Å². The minimum atomic E-state index is -0.289. The number of nitrogens with one attached hydrogen (secondary N) is 1. The summed E-state index contributed by atoms with van der Waals surface area (Å²) in [6, 6.07) is 6.67. The Morgan fingerprint density at radius 2 is 2.05 bits per heavy atom. The summed E-state index contributed by atoms with van der Waals surface area (Å²) in [4.78, 5) is 4.06. The second-order valence-corrected chi connectivity index (χ2v) is 5.29. The maximum absolute atomic E-state index is 13.5. The molecule has 20 heavy (non-hydrogen) atoms. The predicted octanol–water partition coefficient (Wildman–Crippen LogP) is 3.67. The Kier molecular flexibility index (Phi) is 5.49. The van der Waals surface area contributed by atoms with Crippen LogP contribution in [0.3, 0.4) is 0 Å². The standard InChI is InChI=1S/C15H16BrFN2O/c1-2-18-7-11-4-14(17)6-15(5-11)20-10-12-3-13(16)9-19-8-12/h3-6,8-9,18H,2,7,10H2,1H3. The molecule has 0 amide bonds. The summed E-state index contributed by atoms with van der Waals surface area (Å²) in [6.07, 6.45) is 3.43. The first-order valence-corrected chi connectivity index (χ1v) is 7.19. The first-order valence-electron chi connectivity index (χ1n) is 6.40. The van der Waals surface area contributed by atoms with Crippen molar-refractivity contribution < 1.29 is 9.13 Å². The van der Waals surface area contributed by atoms with Crippen molar-refractivity contribution in [2.45, 2.75) is 20.1 Å². The Balaban J connectivity index is 2.03. The number of pyridine rings is 1. The summed E-state index contributed by atoms with van der Waals surface area (Å²) < 4.78 is 20.0. The maximum Gasteiger partial charge on any atom is 0.127 e. The molecular weight excluding hydrogens is 323 g/mol. The van der Waals surface area contributed by atoms with Gasteiger partial charge in [-0.25, -0.2) is 4.39 Å². The van der Waals surface area contributed by atoms with Crippen LogP contribution < -0.4 is 10.1 Å². The quantitative estimate of drug-likeness (QED) is 0.872. The lowest BCUT2D eigenvalue weighted by atomic mass is 10.2. The molecule has 0 saturated carbocycles. The zero-order chi connectivity index (χ0) is 14.4. The zero-order valence-electron chi connectivity index (χ0n) is 11.2. The molecule has 2 aromatic rings. The monoisotopic (exact) mass is 338 g/mol. The molecule has 0 unspecified atom stereocenters. The van der Waals surface area contributed by atoms with E-state index in [9.17, 15) is 4.39 Å². The highest BCUT2D eigenvalue weighted by Crippen LogP contribution is 2.18. The van der Waals surface area contributed by atoms with Gasteiger partial charge in [-0.2, -0.15) is 0 Å². The second-order valence-electron chi connectivity index (χ2n) is 4.38. The number of rotatable bonds is 6. The lowest BCUT2D eigenvalue weighted by Gasteiger charge is -2.09. The number of hydrogen-bond donors (Lipinski definition) is 1. The maximum atomic E-state index is 13.5. The fraction of sp³-hybridized carbons (Fsp3) is 0.267. The van der Waals surface area contributed by atoms with E-state index in [-0.39, 0.29) is 5.82 Å². The van der Waals surface area contributed by atoms with Gasteiger partial charge in [0.1, 0.15) is 18.2 Å². The Morgan fingerprint density at radius 3 is 2.80 bits per heavy atom. The minimum Gasteiger partial charge on any atom is -0.489 e. The fourth-order valence-corrected chi connectivity index (χ4v) is 2.19. The van der Waals surface area contributed by atoms with Crippen LogP contribution in [0.1, 0.15) is 18.1 Å². The largest absolute Gasteiger partial charge is 0.489 e. The van der Waals surface area contributed by atoms with E-state index in [1.807, 2.05) is 19.1 Å². The van der Waals surface area contributed by atoms with Gasteiger partial charge < -0.3 is 10.1 Å². The lowest BCUT2D eigenvalue weighted by molar-refractivity contribution is 0.303. The molecule has 2 rings (SSSR count). The Bertz CT molecular complexity index is 578. The van der Waals surface area contributed by atoms with Crippen molar-refractivity contribution in [3.05, 3.63) is 58.1 Å². The van der Waals surface area contributed by atoms with Crippen molar-refractivity contribution in [1.29, 1.82) is 0 Å². The molecule has 1 heterocycles. The number of aromatic nitrogens is 1. The van der Waals surface area contributed by atoms with Crippen LogP contribution in [0.2, 0.25) is 0 Å². The van der Waals surface area contributed by atoms with E-state index >= 15 is 0 Å². The van der Waals surface area contributed by atoms with Crippen molar-refractivity contribution in [3.8, 4) is 5.75 Å². The highest BCUT2D eigenvalue weighted by Gasteiger charge is 2.03. The first kappa shape index (κ1) is 14.9. The van der Waals surface area contributed by atoms with E-state index in [2.05, 4.69) is 26.2 Å². The van der Waals surface area contributed by atoms with Gasteiger partial charge in [-0.15, -0.1) is 0 Å². The van der Waals surface area contributed by atoms with Crippen LogP contribution in [0.25, 0.3) is 0 Å². The highest BCUT2D eigenvalue weighted by atomic mass is 79.9. The van der Waals surface area contributed by atoms with Gasteiger partial charge >= 0.3 is 0 Å². The van der Waals surface area contributed by atoms with Crippen LogP contribution in [-0.4, -0.2) is 11.5 Å². The molecule has 0 aliphatic carbocycles. The third-order valence-corrected chi connectivity index (χ3v) is 3.11. The minimum absolute atomic E-state index is 0.289. The molecule has 106 valence electrons. The predicted molar refractivity (Wildman–Crippen MR) is 80.0 cm³/mol. The number of ether oxygens (including phenoxy) is 1. The molecule has 0 fully saturated rings. The molecule has 0 atom stereocenters. The number of hydrogen-bond acceptors (Lipinski definition) is 3. The Labute approximate surface area is 126 Å². The number of benzene rings is 1. The van der Waals surface area contributed by atoms with Crippen molar-refractivity contribution in [3.63, 3.8) is 0 Å². The van der Waals surface area contributed by atoms with E-state index in [4.69, 9.17) is 4.74 Å². The lowest BCUT2D eigenvalue weighted by Crippen LogP contribution is -2.12. The van der Waals surface area contributed by atoms with E-state index in [0.717, 1.165) is 22.1 Å². The third kappa shape index (κ3) is 4.58. The smallest absolute Gasteiger partial charge is 0.127 e. The summed E-state index contributed by atoms with van der Waals surface area (Å²) >= 11 is 3.35. The average Bonchev–Trinajstić information content (AvgIpc) is 2.42. The van der Waals surface area contributed by atoms with Gasteiger partial charge in [-0.05, 0) is 46.2 Å². The van der Waals surface area contributed by atoms with Gasteiger partial charge in [0.05, 0.1) is 0 Å². The first-order chi connectivity index (χ1) is 9.67. The third-order valence-electron chi connectivity index (χ3n) is 2.68. The van der Waals surface area contributed by atoms with E-state index in [1.165, 1.54) is 12.1 Å². The summed E-state index contributed by atoms with van der Waals surface area (Å²) in [6.45, 7) is 3.84. The van der Waals surface area contributed by atoms with Gasteiger partial charge in [-0.3, -0.25) is 4.98 Å². The zero-order valence-corrected chi connectivity index (χ0v) is 12.8. The van der Waals surface area contributed by atoms with Crippen LogP contribution in [0.5, 0.6) is 5.75 Å². The van der Waals surface area contributed by atoms with Crippen molar-refractivity contribution in [1.82, 2.24) is 10.3 Å². The van der Waals surface area contributed by atoms with Crippen LogP contribution in [0.4, 0.5) is 4.39 Å². The summed E-state index contributed by atoms with van der Waals surface area (Å²) in [5.74, 6) is 0.237. The molecule has 0 aliphatic rings. The van der Waals surface area contributed by atoms with Crippen LogP contribution in [-0.2, 0) is 13.2 Å². The molecule has 0 saturated heterocycles. The summed E-state index contributed by atoms with van der Waals surface area (Å²) in [5, 5.41) is 3.16. The van der Waals surface area contributed by atoms with Gasteiger partial charge in [0, 0.05) is 35.0 Å². The SMILES string of the molecule is CCNCc1cc(F)cc(OCc2cncc(Br)c2)c1. The highest BCUT2D eigenvalue weighted by molar-refractivity contribution is 9.10. The number of halogens is 2. The van der Waals surface area contributed by atoms with Gasteiger partial charge in [0.25, 0.3) is 0 Å². The molecular formula is C15H16BrFN2O. The molecule has 0 spiro atoms.